The van der Waals surface area contributed by atoms with Crippen molar-refractivity contribution in [1.29, 1.82) is 0 Å². The topological polar surface area (TPSA) is 149 Å². The van der Waals surface area contributed by atoms with Gasteiger partial charge in [-0.05, 0) is 63.2 Å². The molecule has 1 aliphatic heterocycles. The van der Waals surface area contributed by atoms with E-state index >= 15 is 0 Å². The number of hydrogen-bond donors (Lipinski definition) is 3. The molecule has 2 aromatic heterocycles. The maximum Gasteiger partial charge on any atom is 0.338 e. The van der Waals surface area contributed by atoms with Crippen molar-refractivity contribution in [1.82, 2.24) is 15.3 Å². The number of aromatic amines is 2. The van der Waals surface area contributed by atoms with Crippen molar-refractivity contribution in [2.24, 2.45) is 0 Å². The second kappa shape index (κ2) is 9.59. The van der Waals surface area contributed by atoms with Gasteiger partial charge in [-0.3, -0.25) is 10.1 Å². The van der Waals surface area contributed by atoms with Crippen LogP contribution in [-0.4, -0.2) is 59.2 Å². The highest BCUT2D eigenvalue weighted by molar-refractivity contribution is 6.27. The number of ether oxygens (including phenoxy) is 3. The van der Waals surface area contributed by atoms with E-state index in [2.05, 4.69) is 15.3 Å². The minimum Gasteiger partial charge on any atom is -0.485 e. The van der Waals surface area contributed by atoms with Crippen LogP contribution in [0, 0.1) is 10.1 Å². The van der Waals surface area contributed by atoms with Crippen molar-refractivity contribution in [3.8, 4) is 5.75 Å². The highest BCUT2D eigenvalue weighted by atomic mass is 16.6. The number of nitrogens with zero attached hydrogens (tertiary/aromatic N) is 1. The number of esters is 2. The van der Waals surface area contributed by atoms with Crippen molar-refractivity contribution < 1.29 is 28.7 Å². The predicted octanol–water partition coefficient (Wildman–Crippen LogP) is 4.96. The zero-order valence-corrected chi connectivity index (χ0v) is 21.4. The largest absolute Gasteiger partial charge is 0.485 e. The first-order valence-corrected chi connectivity index (χ1v) is 12.8. The third kappa shape index (κ3) is 4.02. The van der Waals surface area contributed by atoms with E-state index in [-0.39, 0.29) is 36.1 Å². The molecule has 1 atom stereocenters. The average molecular weight is 531 g/mol. The number of rotatable bonds is 7. The Bertz CT molecular complexity index is 1680. The number of benzene rings is 3. The van der Waals surface area contributed by atoms with Gasteiger partial charge < -0.3 is 29.5 Å². The van der Waals surface area contributed by atoms with Gasteiger partial charge in [0.2, 0.25) is 0 Å². The number of H-pyrrole nitrogens is 2. The Labute approximate surface area is 221 Å². The van der Waals surface area contributed by atoms with Gasteiger partial charge in [0.05, 0.1) is 51.1 Å². The van der Waals surface area contributed by atoms with Gasteiger partial charge in [0, 0.05) is 28.4 Å². The Kier molecular flexibility index (Phi) is 6.07. The number of carbonyl (C=O) groups excluding carboxylic acids is 2. The van der Waals surface area contributed by atoms with Crippen LogP contribution in [-0.2, 0) is 9.47 Å². The highest BCUT2D eigenvalue weighted by Gasteiger charge is 2.31. The molecule has 11 heteroatoms. The summed E-state index contributed by atoms with van der Waals surface area (Å²) in [5.41, 5.74) is 2.54. The van der Waals surface area contributed by atoms with E-state index in [1.807, 2.05) is 0 Å². The number of fused-ring (bicyclic) bond motifs is 6. The second-order valence-electron chi connectivity index (χ2n) is 9.38. The van der Waals surface area contributed by atoms with Crippen LogP contribution in [0.25, 0.3) is 43.6 Å². The van der Waals surface area contributed by atoms with Gasteiger partial charge in [0.1, 0.15) is 6.10 Å². The monoisotopic (exact) mass is 530 g/mol. The Morgan fingerprint density at radius 2 is 1.46 bits per heavy atom. The molecule has 5 aromatic rings. The number of carbonyl (C=O) groups is 2. The SMILES string of the molecule is CCOC(=O)c1ccc2[nH]c3c(O[C@H]4CCNC4)c4[nH]c5ccc(C(=O)OCC)cc5c4c([N+](=O)[O-])c3c2c1. The molecule has 1 aliphatic rings. The van der Waals surface area contributed by atoms with E-state index < -0.39 is 16.9 Å². The minimum atomic E-state index is -0.517. The maximum atomic E-state index is 12.8. The van der Waals surface area contributed by atoms with Crippen LogP contribution in [0.1, 0.15) is 41.0 Å². The summed E-state index contributed by atoms with van der Waals surface area (Å²) < 4.78 is 16.8. The second-order valence-corrected chi connectivity index (χ2v) is 9.38. The van der Waals surface area contributed by atoms with Gasteiger partial charge in [-0.25, -0.2) is 9.59 Å². The van der Waals surface area contributed by atoms with E-state index in [1.54, 1.807) is 50.2 Å². The van der Waals surface area contributed by atoms with Crippen molar-refractivity contribution >= 4 is 61.2 Å². The molecule has 200 valence electrons. The Morgan fingerprint density at radius 3 is 1.90 bits per heavy atom. The van der Waals surface area contributed by atoms with E-state index in [0.717, 1.165) is 13.0 Å². The van der Waals surface area contributed by atoms with Gasteiger partial charge in [0.15, 0.2) is 5.75 Å². The smallest absolute Gasteiger partial charge is 0.338 e. The predicted molar refractivity (Wildman–Crippen MR) is 146 cm³/mol. The standard InChI is InChI=1S/C28H26N4O7/c1-3-37-27(33)14-5-7-19-17(11-14)21-23(30-19)26(39-16-9-10-29-13-16)24-22(25(21)32(35)36)18-12-15(28(34)38-4-2)6-8-20(18)31-24/h5-8,11-12,16,29-31H,3-4,9-10,13H2,1-2H3/t16-/m0/s1. The van der Waals surface area contributed by atoms with E-state index in [9.17, 15) is 19.7 Å². The van der Waals surface area contributed by atoms with Gasteiger partial charge >= 0.3 is 11.9 Å². The summed E-state index contributed by atoms with van der Waals surface area (Å²) >= 11 is 0. The van der Waals surface area contributed by atoms with Crippen LogP contribution >= 0.6 is 0 Å². The fourth-order valence-corrected chi connectivity index (χ4v) is 5.35. The summed E-state index contributed by atoms with van der Waals surface area (Å²) in [6, 6.07) is 9.86. The molecule has 1 saturated heterocycles. The van der Waals surface area contributed by atoms with Crippen LogP contribution in [0.4, 0.5) is 5.69 Å². The van der Waals surface area contributed by atoms with Crippen molar-refractivity contribution in [2.45, 2.75) is 26.4 Å². The Balaban J connectivity index is 1.73. The summed E-state index contributed by atoms with van der Waals surface area (Å²) in [5.74, 6) is -0.587. The van der Waals surface area contributed by atoms with E-state index in [1.165, 1.54) is 0 Å². The molecule has 0 saturated carbocycles. The van der Waals surface area contributed by atoms with Gasteiger partial charge in [-0.15, -0.1) is 0 Å². The van der Waals surface area contributed by atoms with Crippen LogP contribution in [0.2, 0.25) is 0 Å². The lowest BCUT2D eigenvalue weighted by atomic mass is 10.0. The lowest BCUT2D eigenvalue weighted by Gasteiger charge is -2.15. The fourth-order valence-electron chi connectivity index (χ4n) is 5.35. The molecule has 11 nitrogen and oxygen atoms in total. The first-order valence-electron chi connectivity index (χ1n) is 12.8. The number of hydrogen-bond acceptors (Lipinski definition) is 8. The Hall–Kier alpha value is -4.64. The molecule has 0 aliphatic carbocycles. The summed E-state index contributed by atoms with van der Waals surface area (Å²) in [6.07, 6.45) is 0.640. The molecule has 6 rings (SSSR count). The molecule has 0 spiro atoms. The number of aromatic nitrogens is 2. The number of nitrogens with one attached hydrogen (secondary N) is 3. The summed E-state index contributed by atoms with van der Waals surface area (Å²) in [6.45, 7) is 5.28. The third-order valence-electron chi connectivity index (χ3n) is 7.03. The lowest BCUT2D eigenvalue weighted by Crippen LogP contribution is -2.20. The molecule has 1 fully saturated rings. The normalized spacial score (nSPS) is 15.4. The molecule has 0 bridgehead atoms. The molecule has 3 N–H and O–H groups in total. The molecular weight excluding hydrogens is 504 g/mol. The molecule has 0 radical (unpaired) electrons. The van der Waals surface area contributed by atoms with Crippen LogP contribution in [0.3, 0.4) is 0 Å². The molecule has 39 heavy (non-hydrogen) atoms. The van der Waals surface area contributed by atoms with Crippen LogP contribution < -0.4 is 10.1 Å². The van der Waals surface area contributed by atoms with Crippen molar-refractivity contribution in [3.05, 3.63) is 57.6 Å². The average Bonchev–Trinajstić information content (AvgIpc) is 3.65. The number of nitro groups is 1. The highest BCUT2D eigenvalue weighted by Crippen LogP contribution is 2.48. The van der Waals surface area contributed by atoms with Gasteiger partial charge in [-0.1, -0.05) is 0 Å². The maximum absolute atomic E-state index is 12.8. The lowest BCUT2D eigenvalue weighted by molar-refractivity contribution is -0.381. The van der Waals surface area contributed by atoms with Crippen molar-refractivity contribution in [3.63, 3.8) is 0 Å². The third-order valence-corrected chi connectivity index (χ3v) is 7.03. The van der Waals surface area contributed by atoms with Crippen LogP contribution in [0.5, 0.6) is 5.75 Å². The first kappa shape index (κ1) is 24.7. The number of nitro benzene ring substituents is 1. The Morgan fingerprint density at radius 1 is 0.923 bits per heavy atom. The van der Waals surface area contributed by atoms with E-state index in [4.69, 9.17) is 14.2 Å². The molecular formula is C28H26N4O7. The zero-order chi connectivity index (χ0) is 27.3. The minimum absolute atomic E-state index is 0.138. The molecule has 0 unspecified atom stereocenters. The molecule has 3 aromatic carbocycles. The van der Waals surface area contributed by atoms with Crippen LogP contribution in [0.15, 0.2) is 36.4 Å². The quantitative estimate of drug-likeness (QED) is 0.152. The first-order chi connectivity index (χ1) is 18.9. The molecule has 3 heterocycles. The zero-order valence-electron chi connectivity index (χ0n) is 21.4. The summed E-state index contributed by atoms with van der Waals surface area (Å²) in [5, 5.41) is 17.7. The number of non-ortho nitro benzene ring substituents is 1. The summed E-state index contributed by atoms with van der Waals surface area (Å²) in [4.78, 5) is 44.0. The van der Waals surface area contributed by atoms with Gasteiger partial charge in [-0.2, -0.15) is 0 Å². The van der Waals surface area contributed by atoms with E-state index in [0.29, 0.717) is 55.9 Å². The summed E-state index contributed by atoms with van der Waals surface area (Å²) in [7, 11) is 0. The fraction of sp³-hybridized carbons (Fsp3) is 0.286. The van der Waals surface area contributed by atoms with Gasteiger partial charge in [0.25, 0.3) is 5.69 Å². The van der Waals surface area contributed by atoms with Crippen molar-refractivity contribution in [2.75, 3.05) is 26.3 Å². The molecule has 0 amide bonds.